The van der Waals surface area contributed by atoms with E-state index in [0.29, 0.717) is 17.5 Å². The van der Waals surface area contributed by atoms with E-state index in [9.17, 15) is 4.79 Å². The maximum Gasteiger partial charge on any atom is 0.418 e. The van der Waals surface area contributed by atoms with E-state index >= 15 is 0 Å². The fourth-order valence-electron chi connectivity index (χ4n) is 1.72. The molecule has 1 amide bonds. The maximum atomic E-state index is 11.6. The number of hydrogen-bond donors (Lipinski definition) is 1. The molecule has 0 spiro atoms. The highest BCUT2D eigenvalue weighted by Gasteiger charge is 2.25. The van der Waals surface area contributed by atoms with Crippen LogP contribution in [-0.4, -0.2) is 16.1 Å². The number of rotatable bonds is 3. The van der Waals surface area contributed by atoms with Gasteiger partial charge in [-0.2, -0.15) is 0 Å². The molecular weight excluding hydrogens is 242 g/mol. The summed E-state index contributed by atoms with van der Waals surface area (Å²) >= 11 is 0. The molecule has 5 nitrogen and oxygen atoms in total. The molecule has 1 aromatic carbocycles. The average Bonchev–Trinajstić information content (AvgIpc) is 3.25. The first-order valence-corrected chi connectivity index (χ1v) is 6.17. The Morgan fingerprint density at radius 1 is 1.16 bits per heavy atom. The Hall–Kier alpha value is -2.43. The van der Waals surface area contributed by atoms with Crippen LogP contribution < -0.4 is 10.1 Å². The van der Waals surface area contributed by atoms with Crippen LogP contribution in [0.2, 0.25) is 0 Å². The number of para-hydroxylation sites is 1. The van der Waals surface area contributed by atoms with Gasteiger partial charge in [0, 0.05) is 5.92 Å². The number of nitrogens with one attached hydrogen (secondary N) is 1. The second-order valence-electron chi connectivity index (χ2n) is 4.43. The molecule has 0 bridgehead atoms. The lowest BCUT2D eigenvalue weighted by Crippen LogP contribution is -2.17. The topological polar surface area (TPSA) is 64.1 Å². The molecule has 1 heterocycles. The van der Waals surface area contributed by atoms with Gasteiger partial charge in [0.05, 0.1) is 18.1 Å². The van der Waals surface area contributed by atoms with E-state index in [0.717, 1.165) is 5.69 Å². The van der Waals surface area contributed by atoms with Crippen LogP contribution in [0.15, 0.2) is 42.7 Å². The van der Waals surface area contributed by atoms with Crippen molar-refractivity contribution in [3.05, 3.63) is 48.4 Å². The zero-order valence-corrected chi connectivity index (χ0v) is 10.2. The van der Waals surface area contributed by atoms with Gasteiger partial charge in [0.25, 0.3) is 0 Å². The molecule has 96 valence electrons. The molecule has 2 aromatic rings. The predicted molar refractivity (Wildman–Crippen MR) is 70.1 cm³/mol. The molecule has 5 heteroatoms. The summed E-state index contributed by atoms with van der Waals surface area (Å²) in [6.45, 7) is 0. The van der Waals surface area contributed by atoms with Gasteiger partial charge in [-0.3, -0.25) is 10.3 Å². The molecule has 1 saturated carbocycles. The van der Waals surface area contributed by atoms with Crippen molar-refractivity contribution in [3.8, 4) is 5.75 Å². The third kappa shape index (κ3) is 3.07. The van der Waals surface area contributed by atoms with Crippen LogP contribution in [0.5, 0.6) is 5.75 Å². The van der Waals surface area contributed by atoms with E-state index in [1.165, 1.54) is 12.8 Å². The summed E-state index contributed by atoms with van der Waals surface area (Å²) in [7, 11) is 0. The lowest BCUT2D eigenvalue weighted by Gasteiger charge is -2.05. The van der Waals surface area contributed by atoms with Crippen LogP contribution in [0.25, 0.3) is 0 Å². The Bertz CT molecular complexity index is 565. The summed E-state index contributed by atoms with van der Waals surface area (Å²) in [6.07, 6.45) is 5.05. The number of aromatic nitrogens is 2. The van der Waals surface area contributed by atoms with E-state index in [1.54, 1.807) is 36.7 Å². The number of carbonyl (C=O) groups excluding carboxylic acids is 1. The number of nitrogens with zero attached hydrogens (tertiary/aromatic N) is 2. The molecule has 1 fully saturated rings. The van der Waals surface area contributed by atoms with E-state index in [-0.39, 0.29) is 0 Å². The number of amides is 1. The minimum absolute atomic E-state index is 0.394. The van der Waals surface area contributed by atoms with Gasteiger partial charge in [0.15, 0.2) is 5.82 Å². The standard InChI is InChI=1S/C14H13N3O2/c18-14(19-11-4-2-1-3-5-11)17-13-9-15-12(8-16-13)10-6-7-10/h1-5,8-10H,6-7H2,(H,16,17,18). The molecule has 0 saturated heterocycles. The Kier molecular flexibility index (Phi) is 3.10. The van der Waals surface area contributed by atoms with Gasteiger partial charge in [-0.15, -0.1) is 0 Å². The predicted octanol–water partition coefficient (Wildman–Crippen LogP) is 2.96. The lowest BCUT2D eigenvalue weighted by atomic mass is 10.3. The lowest BCUT2D eigenvalue weighted by molar-refractivity contribution is 0.215. The zero-order chi connectivity index (χ0) is 13.1. The van der Waals surface area contributed by atoms with Crippen molar-refractivity contribution in [1.29, 1.82) is 0 Å². The zero-order valence-electron chi connectivity index (χ0n) is 10.2. The van der Waals surface area contributed by atoms with E-state index in [4.69, 9.17) is 4.74 Å². The van der Waals surface area contributed by atoms with Crippen LogP contribution >= 0.6 is 0 Å². The first-order chi connectivity index (χ1) is 9.31. The van der Waals surface area contributed by atoms with Crippen molar-refractivity contribution >= 4 is 11.9 Å². The minimum atomic E-state index is -0.570. The van der Waals surface area contributed by atoms with E-state index < -0.39 is 6.09 Å². The number of hydrogen-bond acceptors (Lipinski definition) is 4. The maximum absolute atomic E-state index is 11.6. The summed E-state index contributed by atoms with van der Waals surface area (Å²) in [5.74, 6) is 1.44. The normalized spacial score (nSPS) is 13.9. The number of anilines is 1. The van der Waals surface area contributed by atoms with E-state index in [2.05, 4.69) is 15.3 Å². The van der Waals surface area contributed by atoms with Gasteiger partial charge in [0.2, 0.25) is 0 Å². The van der Waals surface area contributed by atoms with Crippen molar-refractivity contribution in [1.82, 2.24) is 9.97 Å². The van der Waals surface area contributed by atoms with Gasteiger partial charge in [-0.25, -0.2) is 9.78 Å². The molecular formula is C14H13N3O2. The van der Waals surface area contributed by atoms with Gasteiger partial charge < -0.3 is 4.74 Å². The summed E-state index contributed by atoms with van der Waals surface area (Å²) in [5.41, 5.74) is 0.988. The summed E-state index contributed by atoms with van der Waals surface area (Å²) in [4.78, 5) is 20.0. The second kappa shape index (κ2) is 5.06. The molecule has 1 N–H and O–H groups in total. The number of benzene rings is 1. The highest BCUT2D eigenvalue weighted by Crippen LogP contribution is 2.38. The van der Waals surface area contributed by atoms with Gasteiger partial charge in [-0.1, -0.05) is 18.2 Å². The summed E-state index contributed by atoms with van der Waals surface area (Å²) in [6, 6.07) is 8.87. The monoisotopic (exact) mass is 255 g/mol. The van der Waals surface area contributed by atoms with Crippen molar-refractivity contribution in [2.75, 3.05) is 5.32 Å². The van der Waals surface area contributed by atoms with Crippen molar-refractivity contribution < 1.29 is 9.53 Å². The first-order valence-electron chi connectivity index (χ1n) is 6.17. The molecule has 3 rings (SSSR count). The van der Waals surface area contributed by atoms with Crippen molar-refractivity contribution in [2.24, 2.45) is 0 Å². The quantitative estimate of drug-likeness (QED) is 0.915. The highest BCUT2D eigenvalue weighted by molar-refractivity contribution is 5.84. The molecule has 0 atom stereocenters. The molecule has 0 aliphatic heterocycles. The molecule has 0 unspecified atom stereocenters. The van der Waals surface area contributed by atoms with Crippen molar-refractivity contribution in [3.63, 3.8) is 0 Å². The van der Waals surface area contributed by atoms with Gasteiger partial charge in [-0.05, 0) is 25.0 Å². The van der Waals surface area contributed by atoms with Gasteiger partial charge >= 0.3 is 6.09 Å². The molecule has 0 radical (unpaired) electrons. The number of ether oxygens (including phenoxy) is 1. The van der Waals surface area contributed by atoms with Gasteiger partial charge in [0.1, 0.15) is 5.75 Å². The smallest absolute Gasteiger partial charge is 0.410 e. The fourth-order valence-corrected chi connectivity index (χ4v) is 1.72. The number of carbonyl (C=O) groups is 1. The highest BCUT2D eigenvalue weighted by atomic mass is 16.6. The molecule has 1 aliphatic rings. The first kappa shape index (κ1) is 11.6. The van der Waals surface area contributed by atoms with Crippen LogP contribution in [0.3, 0.4) is 0 Å². The summed E-state index contributed by atoms with van der Waals surface area (Å²) < 4.78 is 5.09. The van der Waals surface area contributed by atoms with Crippen LogP contribution in [0, 0.1) is 0 Å². The van der Waals surface area contributed by atoms with Crippen LogP contribution in [-0.2, 0) is 0 Å². The van der Waals surface area contributed by atoms with Crippen LogP contribution in [0.4, 0.5) is 10.6 Å². The van der Waals surface area contributed by atoms with Crippen molar-refractivity contribution in [2.45, 2.75) is 18.8 Å². The Balaban J connectivity index is 1.59. The third-order valence-electron chi connectivity index (χ3n) is 2.85. The average molecular weight is 255 g/mol. The molecule has 1 aromatic heterocycles. The SMILES string of the molecule is O=C(Nc1cnc(C2CC2)cn1)Oc1ccccc1. The Morgan fingerprint density at radius 2 is 1.95 bits per heavy atom. The minimum Gasteiger partial charge on any atom is -0.410 e. The second-order valence-corrected chi connectivity index (χ2v) is 4.43. The van der Waals surface area contributed by atoms with Crippen LogP contribution in [0.1, 0.15) is 24.5 Å². The fraction of sp³-hybridized carbons (Fsp3) is 0.214. The molecule has 19 heavy (non-hydrogen) atoms. The van der Waals surface area contributed by atoms with E-state index in [1.807, 2.05) is 6.07 Å². The third-order valence-corrected chi connectivity index (χ3v) is 2.85. The molecule has 1 aliphatic carbocycles. The largest absolute Gasteiger partial charge is 0.418 e. The Labute approximate surface area is 110 Å². The Morgan fingerprint density at radius 3 is 2.58 bits per heavy atom. The summed E-state index contributed by atoms with van der Waals surface area (Å²) in [5, 5.41) is 2.54.